The van der Waals surface area contributed by atoms with Gasteiger partial charge in [0, 0.05) is 29.5 Å². The van der Waals surface area contributed by atoms with E-state index in [9.17, 15) is 22.8 Å². The number of halogens is 1. The van der Waals surface area contributed by atoms with E-state index in [1.54, 1.807) is 0 Å². The van der Waals surface area contributed by atoms with Gasteiger partial charge in [-0.1, -0.05) is 48.7 Å². The highest BCUT2D eigenvalue weighted by atomic mass is 35.5. The molecule has 0 bridgehead atoms. The van der Waals surface area contributed by atoms with E-state index in [-0.39, 0.29) is 42.5 Å². The van der Waals surface area contributed by atoms with Crippen molar-refractivity contribution < 1.29 is 36.7 Å². The van der Waals surface area contributed by atoms with Crippen LogP contribution in [0, 0.1) is 5.92 Å². The van der Waals surface area contributed by atoms with Crippen molar-refractivity contribution in [2.75, 3.05) is 11.9 Å². The van der Waals surface area contributed by atoms with E-state index in [4.69, 9.17) is 35.5 Å². The highest BCUT2D eigenvalue weighted by Gasteiger charge is 2.62. The third kappa shape index (κ3) is 8.64. The molecule has 4 aliphatic rings. The van der Waals surface area contributed by atoms with E-state index in [0.717, 1.165) is 18.2 Å². The molecule has 0 spiro atoms. The van der Waals surface area contributed by atoms with Crippen LogP contribution in [-0.2, 0) is 24.4 Å². The highest BCUT2D eigenvalue weighted by molar-refractivity contribution is 7.91. The molecule has 3 aromatic heterocycles. The van der Waals surface area contributed by atoms with Crippen LogP contribution in [0.25, 0.3) is 33.5 Å². The van der Waals surface area contributed by atoms with Gasteiger partial charge in [-0.25, -0.2) is 23.4 Å². The van der Waals surface area contributed by atoms with Crippen LogP contribution < -0.4 is 24.8 Å². The molecule has 3 N–H and O–H groups in total. The normalized spacial score (nSPS) is 25.0. The summed E-state index contributed by atoms with van der Waals surface area (Å²) in [6.45, 7) is 3.87. The van der Waals surface area contributed by atoms with E-state index >= 15 is 0 Å². The summed E-state index contributed by atoms with van der Waals surface area (Å²) >= 11 is 6.20. The number of furan rings is 1. The van der Waals surface area contributed by atoms with Crippen LogP contribution >= 0.6 is 11.6 Å². The fourth-order valence-electron chi connectivity index (χ4n) is 8.30. The standard InChI is InChI=1S/C44H47ClN8O8S/c1-25(2)59-28-16-14-26(15-17-28)38-49-36-31-11-8-9-13-34(31)61-37(36)40(50-38)60-29-22-33-39(54)51-44(42(56)52-62(57,58)30-18-19-30)23-27(44)10-6-4-3-5-7-12-32(41(55)53(33)24-29)47-43-46-21-20-35(45)48-43/h6,8-11,13-17,20-21,25,27,29-30,32-33H,3-5,7,12,18-19,22-24H2,1-2H3,(H,51,54)(H,52,56)(H,46,47,48)/b10-6-/t27-,29-,32+,33+,44-/m1/s1. The molecule has 2 aromatic carbocycles. The Hall–Kier alpha value is -5.81. The summed E-state index contributed by atoms with van der Waals surface area (Å²) in [5.74, 6) is -0.914. The maximum Gasteiger partial charge on any atom is 0.262 e. The van der Waals surface area contributed by atoms with Crippen molar-refractivity contribution in [3.05, 3.63) is 78.1 Å². The van der Waals surface area contributed by atoms with E-state index in [2.05, 4.69) is 25.3 Å². The van der Waals surface area contributed by atoms with Crippen LogP contribution in [0.1, 0.15) is 71.6 Å². The first-order valence-corrected chi connectivity index (χ1v) is 23.0. The number of nitrogens with zero attached hydrogens (tertiary/aromatic N) is 5. The number of sulfonamides is 1. The molecule has 0 radical (unpaired) electrons. The fourth-order valence-corrected chi connectivity index (χ4v) is 9.80. The van der Waals surface area contributed by atoms with Crippen molar-refractivity contribution in [1.29, 1.82) is 0 Å². The summed E-state index contributed by atoms with van der Waals surface area (Å²) in [6.07, 6.45) is 9.09. The van der Waals surface area contributed by atoms with Gasteiger partial charge in [-0.05, 0) is 94.8 Å². The number of nitrogens with one attached hydrogen (secondary N) is 3. The SMILES string of the molecule is CC(C)Oc1ccc(-c2nc(O[C@@H]3C[C@H]4C(=O)N[C@]5(C(=O)NS(=O)(=O)C6CC6)C[C@H]5/C=C\CCCCC[C@H](Nc5nccc(Cl)n5)C(=O)N4C3)c3oc4ccccc4c3n2)cc1. The summed E-state index contributed by atoms with van der Waals surface area (Å²) in [5, 5.41) is 6.39. The van der Waals surface area contributed by atoms with Gasteiger partial charge in [-0.2, -0.15) is 4.98 Å². The Bertz CT molecular complexity index is 2670. The van der Waals surface area contributed by atoms with E-state index in [1.165, 1.54) is 17.2 Å². The van der Waals surface area contributed by atoms with Crippen LogP contribution in [0.5, 0.6) is 11.6 Å². The lowest BCUT2D eigenvalue weighted by Crippen LogP contribution is -2.57. The first-order chi connectivity index (χ1) is 29.9. The topological polar surface area (TPSA) is 208 Å². The van der Waals surface area contributed by atoms with Crippen molar-refractivity contribution >= 4 is 67.4 Å². The Morgan fingerprint density at radius 2 is 1.82 bits per heavy atom. The lowest BCUT2D eigenvalue weighted by molar-refractivity contribution is -0.140. The highest BCUT2D eigenvalue weighted by Crippen LogP contribution is 2.46. The van der Waals surface area contributed by atoms with Crippen molar-refractivity contribution in [1.82, 2.24) is 34.9 Å². The lowest BCUT2D eigenvalue weighted by Gasteiger charge is -2.30. The quantitative estimate of drug-likeness (QED) is 0.107. The third-order valence-electron chi connectivity index (χ3n) is 11.7. The number of hydrogen-bond acceptors (Lipinski definition) is 13. The molecule has 62 heavy (non-hydrogen) atoms. The zero-order chi connectivity index (χ0) is 43.2. The summed E-state index contributed by atoms with van der Waals surface area (Å²) in [6, 6.07) is 14.4. The van der Waals surface area contributed by atoms with Gasteiger partial charge in [0.25, 0.3) is 11.8 Å². The minimum absolute atomic E-state index is 0.00901. The second-order valence-corrected chi connectivity index (χ2v) is 19.1. The summed E-state index contributed by atoms with van der Waals surface area (Å²) < 4.78 is 47.0. The van der Waals surface area contributed by atoms with Crippen LogP contribution in [-0.4, -0.2) is 92.6 Å². The number of allylic oxidation sites excluding steroid dienone is 1. The van der Waals surface area contributed by atoms with Crippen LogP contribution in [0.4, 0.5) is 5.95 Å². The number of fused-ring (bicyclic) bond motifs is 5. The molecule has 5 heterocycles. The second kappa shape index (κ2) is 16.8. The van der Waals surface area contributed by atoms with Gasteiger partial charge in [-0.15, -0.1) is 0 Å². The van der Waals surface area contributed by atoms with Gasteiger partial charge in [0.2, 0.25) is 33.4 Å². The number of rotatable bonds is 10. The van der Waals surface area contributed by atoms with E-state index < -0.39 is 62.6 Å². The Balaban J connectivity index is 1.07. The monoisotopic (exact) mass is 882 g/mol. The number of anilines is 1. The van der Waals surface area contributed by atoms with Gasteiger partial charge >= 0.3 is 0 Å². The number of aromatic nitrogens is 4. The van der Waals surface area contributed by atoms with Crippen molar-refractivity contribution in [2.45, 2.75) is 107 Å². The predicted molar refractivity (Wildman–Crippen MR) is 231 cm³/mol. The molecule has 5 atom stereocenters. The zero-order valence-electron chi connectivity index (χ0n) is 34.3. The molecule has 2 aliphatic heterocycles. The minimum atomic E-state index is -3.92. The number of para-hydroxylation sites is 1. The molecule has 16 nitrogen and oxygen atoms in total. The smallest absolute Gasteiger partial charge is 0.262 e. The summed E-state index contributed by atoms with van der Waals surface area (Å²) in [7, 11) is -3.92. The Labute approximate surface area is 363 Å². The van der Waals surface area contributed by atoms with Gasteiger partial charge in [0.15, 0.2) is 5.82 Å². The van der Waals surface area contributed by atoms with E-state index in [1.807, 2.05) is 74.5 Å². The van der Waals surface area contributed by atoms with Crippen LogP contribution in [0.15, 0.2) is 77.4 Å². The first-order valence-electron chi connectivity index (χ1n) is 21.1. The molecule has 1 saturated heterocycles. The molecule has 3 fully saturated rings. The molecule has 5 aromatic rings. The van der Waals surface area contributed by atoms with Gasteiger partial charge in [0.1, 0.15) is 45.7 Å². The number of carbonyl (C=O) groups is 3. The molecule has 3 amide bonds. The predicted octanol–water partition coefficient (Wildman–Crippen LogP) is 6.11. The Morgan fingerprint density at radius 3 is 2.60 bits per heavy atom. The molecular weight excluding hydrogens is 836 g/mol. The van der Waals surface area contributed by atoms with Crippen molar-refractivity contribution in [3.8, 4) is 23.0 Å². The zero-order valence-corrected chi connectivity index (χ0v) is 35.8. The molecule has 2 saturated carbocycles. The first kappa shape index (κ1) is 41.5. The molecule has 0 unspecified atom stereocenters. The van der Waals surface area contributed by atoms with E-state index in [0.29, 0.717) is 65.9 Å². The Morgan fingerprint density at radius 1 is 1.02 bits per heavy atom. The molecule has 9 rings (SSSR count). The van der Waals surface area contributed by atoms with Gasteiger partial charge in [-0.3, -0.25) is 19.1 Å². The molecule has 324 valence electrons. The maximum atomic E-state index is 14.8. The summed E-state index contributed by atoms with van der Waals surface area (Å²) in [5.41, 5.74) is 0.577. The minimum Gasteiger partial charge on any atom is -0.491 e. The van der Waals surface area contributed by atoms with Gasteiger partial charge in [0.05, 0.1) is 17.9 Å². The van der Waals surface area contributed by atoms with Crippen LogP contribution in [0.2, 0.25) is 5.15 Å². The average Bonchev–Trinajstić information content (AvgIpc) is 4.14. The van der Waals surface area contributed by atoms with Crippen LogP contribution in [0.3, 0.4) is 0 Å². The number of benzene rings is 2. The van der Waals surface area contributed by atoms with Gasteiger partial charge < -0.3 is 29.4 Å². The lowest BCUT2D eigenvalue weighted by atomic mass is 10.0. The number of hydrogen-bond donors (Lipinski definition) is 3. The fraction of sp³-hybridized carbons (Fsp3) is 0.432. The summed E-state index contributed by atoms with van der Waals surface area (Å²) in [4.78, 5) is 63.2. The molecule has 18 heteroatoms. The molecular formula is C44H47ClN8O8S. The van der Waals surface area contributed by atoms with Crippen molar-refractivity contribution in [3.63, 3.8) is 0 Å². The second-order valence-electron chi connectivity index (χ2n) is 16.7. The maximum absolute atomic E-state index is 14.8. The number of ether oxygens (including phenoxy) is 2. The third-order valence-corrected chi connectivity index (χ3v) is 13.7. The number of amides is 3. The Kier molecular flexibility index (Phi) is 11.3. The largest absolute Gasteiger partial charge is 0.491 e. The number of carbonyl (C=O) groups excluding carboxylic acids is 3. The average molecular weight is 883 g/mol. The van der Waals surface area contributed by atoms with Crippen molar-refractivity contribution in [2.24, 2.45) is 5.92 Å². The molecule has 2 aliphatic carbocycles.